The molecule has 0 saturated carbocycles. The molecule has 1 fully saturated rings. The molecule has 1 aromatic carbocycles. The van der Waals surface area contributed by atoms with Crippen LogP contribution in [-0.4, -0.2) is 58.0 Å². The number of sulfonamides is 1. The Morgan fingerprint density at radius 1 is 1.31 bits per heavy atom. The fourth-order valence-corrected chi connectivity index (χ4v) is 4.43. The number of rotatable bonds is 8. The summed E-state index contributed by atoms with van der Waals surface area (Å²) in [5.74, 6) is -0.296. The molecule has 2 N–H and O–H groups in total. The Hall–Kier alpha value is -1.19. The number of carbonyl (C=O) groups excluding carboxylic acids is 1. The summed E-state index contributed by atoms with van der Waals surface area (Å²) in [6.07, 6.45) is 2.77. The monoisotopic (exact) mass is 403 g/mol. The van der Waals surface area contributed by atoms with Gasteiger partial charge in [-0.1, -0.05) is 18.0 Å². The fraction of sp³-hybridized carbons (Fsp3) is 0.588. The quantitative estimate of drug-likeness (QED) is 0.649. The molecule has 1 aromatic rings. The zero-order valence-electron chi connectivity index (χ0n) is 15.1. The van der Waals surface area contributed by atoms with Crippen molar-refractivity contribution in [3.63, 3.8) is 0 Å². The Balaban J connectivity index is 2.12. The maximum atomic E-state index is 12.8. The lowest BCUT2D eigenvalue weighted by Gasteiger charge is -2.26. The first-order valence-electron chi connectivity index (χ1n) is 8.69. The molecule has 1 amide bonds. The number of methoxy groups -OCH3 is 1. The second-order valence-electron chi connectivity index (χ2n) is 6.26. The minimum Gasteiger partial charge on any atom is -0.383 e. The molecule has 7 nitrogen and oxygen atoms in total. The second-order valence-corrected chi connectivity index (χ2v) is 8.61. The minimum atomic E-state index is -3.58. The first-order chi connectivity index (χ1) is 12.4. The minimum absolute atomic E-state index is 0.138. The summed E-state index contributed by atoms with van der Waals surface area (Å²) in [5, 5.41) is 6.00. The van der Waals surface area contributed by atoms with Gasteiger partial charge in [-0.3, -0.25) is 4.79 Å². The predicted octanol–water partition coefficient (Wildman–Crippen LogP) is 2.08. The summed E-state index contributed by atoms with van der Waals surface area (Å²) >= 11 is 6.14. The maximum absolute atomic E-state index is 12.8. The highest BCUT2D eigenvalue weighted by Crippen LogP contribution is 2.28. The normalized spacial score (nSPS) is 17.0. The molecule has 0 spiro atoms. The third kappa shape index (κ3) is 5.40. The zero-order valence-corrected chi connectivity index (χ0v) is 16.7. The van der Waals surface area contributed by atoms with Gasteiger partial charge in [0, 0.05) is 26.7 Å². The van der Waals surface area contributed by atoms with Crippen LogP contribution in [0.2, 0.25) is 5.02 Å². The van der Waals surface area contributed by atoms with Gasteiger partial charge in [0.15, 0.2) is 0 Å². The van der Waals surface area contributed by atoms with E-state index < -0.39 is 16.1 Å². The van der Waals surface area contributed by atoms with Gasteiger partial charge in [0.1, 0.15) is 0 Å². The van der Waals surface area contributed by atoms with E-state index in [-0.39, 0.29) is 16.5 Å². The molecule has 1 atom stereocenters. The van der Waals surface area contributed by atoms with Gasteiger partial charge < -0.3 is 15.4 Å². The van der Waals surface area contributed by atoms with Crippen LogP contribution in [0.15, 0.2) is 23.1 Å². The predicted molar refractivity (Wildman–Crippen MR) is 102 cm³/mol. The molecular formula is C17H26ClN3O4S. The fourth-order valence-electron chi connectivity index (χ4n) is 2.73. The number of amides is 1. The molecule has 0 aromatic heterocycles. The smallest absolute Gasteiger partial charge is 0.243 e. The molecule has 0 unspecified atom stereocenters. The summed E-state index contributed by atoms with van der Waals surface area (Å²) in [6.45, 7) is 3.78. The van der Waals surface area contributed by atoms with Gasteiger partial charge in [0.25, 0.3) is 0 Å². The Labute approximate surface area is 160 Å². The number of halogens is 1. The lowest BCUT2D eigenvalue weighted by Crippen LogP contribution is -2.39. The number of nitrogens with zero attached hydrogens (tertiary/aromatic N) is 1. The highest BCUT2D eigenvalue weighted by molar-refractivity contribution is 7.89. The van der Waals surface area contributed by atoms with Gasteiger partial charge >= 0.3 is 0 Å². The van der Waals surface area contributed by atoms with Gasteiger partial charge in [-0.2, -0.15) is 4.31 Å². The van der Waals surface area contributed by atoms with Crippen LogP contribution >= 0.6 is 11.6 Å². The third-order valence-corrected chi connectivity index (χ3v) is 6.52. The van der Waals surface area contributed by atoms with Crippen molar-refractivity contribution < 1.29 is 17.9 Å². The number of anilines is 1. The van der Waals surface area contributed by atoms with Gasteiger partial charge in [-0.25, -0.2) is 8.42 Å². The summed E-state index contributed by atoms with van der Waals surface area (Å²) in [5.41, 5.74) is 0.287. The lowest BCUT2D eigenvalue weighted by molar-refractivity contribution is -0.117. The van der Waals surface area contributed by atoms with E-state index in [1.54, 1.807) is 14.0 Å². The summed E-state index contributed by atoms with van der Waals surface area (Å²) in [7, 11) is -2.00. The lowest BCUT2D eigenvalue weighted by atomic mass is 10.2. The van der Waals surface area contributed by atoms with E-state index in [0.29, 0.717) is 31.3 Å². The average molecular weight is 404 g/mol. The molecule has 0 bridgehead atoms. The van der Waals surface area contributed by atoms with E-state index in [9.17, 15) is 13.2 Å². The van der Waals surface area contributed by atoms with Crippen LogP contribution in [0.5, 0.6) is 0 Å². The van der Waals surface area contributed by atoms with E-state index in [1.165, 1.54) is 22.5 Å². The molecular weight excluding hydrogens is 378 g/mol. The van der Waals surface area contributed by atoms with Crippen molar-refractivity contribution >= 4 is 33.2 Å². The van der Waals surface area contributed by atoms with Crippen LogP contribution in [0.25, 0.3) is 0 Å². The number of ether oxygens (including phenoxy) is 1. The van der Waals surface area contributed by atoms with Gasteiger partial charge in [-0.15, -0.1) is 0 Å². The molecule has 0 radical (unpaired) electrons. The Morgan fingerprint density at radius 2 is 2.00 bits per heavy atom. The first kappa shape index (κ1) is 21.1. The number of piperidine rings is 1. The molecule has 9 heteroatoms. The Kier molecular flexibility index (Phi) is 7.85. The molecule has 1 heterocycles. The summed E-state index contributed by atoms with van der Waals surface area (Å²) in [4.78, 5) is 12.4. The van der Waals surface area contributed by atoms with Crippen molar-refractivity contribution in [2.75, 3.05) is 38.7 Å². The van der Waals surface area contributed by atoms with Crippen molar-refractivity contribution in [2.45, 2.75) is 37.1 Å². The van der Waals surface area contributed by atoms with Crippen LogP contribution < -0.4 is 10.6 Å². The van der Waals surface area contributed by atoms with Crippen LogP contribution in [0.1, 0.15) is 26.2 Å². The Bertz CT molecular complexity index is 721. The number of carbonyl (C=O) groups is 1. The topological polar surface area (TPSA) is 87.7 Å². The van der Waals surface area contributed by atoms with E-state index in [1.807, 2.05) is 0 Å². The van der Waals surface area contributed by atoms with Crippen LogP contribution in [0.3, 0.4) is 0 Å². The molecule has 1 saturated heterocycles. The standard InChI is InChI=1S/C17H26ClN3O4S/c1-13(19-8-11-25-2)17(22)20-16-12-14(6-7-15(16)18)26(23,24)21-9-4-3-5-10-21/h6-7,12-13,19H,3-5,8-11H2,1-2H3,(H,20,22)/t13-/m0/s1. The maximum Gasteiger partial charge on any atom is 0.243 e. The third-order valence-electron chi connectivity index (χ3n) is 4.30. The first-order valence-corrected chi connectivity index (χ1v) is 10.5. The van der Waals surface area contributed by atoms with Crippen molar-refractivity contribution in [1.82, 2.24) is 9.62 Å². The molecule has 1 aliphatic rings. The van der Waals surface area contributed by atoms with Gasteiger partial charge in [0.2, 0.25) is 15.9 Å². The van der Waals surface area contributed by atoms with Crippen molar-refractivity contribution in [3.8, 4) is 0 Å². The number of benzene rings is 1. The van der Waals surface area contributed by atoms with E-state index in [4.69, 9.17) is 16.3 Å². The van der Waals surface area contributed by atoms with Crippen molar-refractivity contribution in [2.24, 2.45) is 0 Å². The number of nitrogens with one attached hydrogen (secondary N) is 2. The molecule has 0 aliphatic carbocycles. The molecule has 26 heavy (non-hydrogen) atoms. The molecule has 1 aliphatic heterocycles. The largest absolute Gasteiger partial charge is 0.383 e. The molecule has 2 rings (SSSR count). The highest BCUT2D eigenvalue weighted by Gasteiger charge is 2.26. The van der Waals surface area contributed by atoms with Crippen LogP contribution in [-0.2, 0) is 19.6 Å². The van der Waals surface area contributed by atoms with Crippen LogP contribution in [0, 0.1) is 0 Å². The Morgan fingerprint density at radius 3 is 2.65 bits per heavy atom. The van der Waals surface area contributed by atoms with E-state index in [2.05, 4.69) is 10.6 Å². The summed E-state index contributed by atoms with van der Waals surface area (Å²) < 4.78 is 32.0. The van der Waals surface area contributed by atoms with Gasteiger partial charge in [0.05, 0.1) is 28.3 Å². The second kappa shape index (κ2) is 9.66. The zero-order chi connectivity index (χ0) is 19.2. The van der Waals surface area contributed by atoms with Crippen molar-refractivity contribution in [3.05, 3.63) is 23.2 Å². The number of hydrogen-bond donors (Lipinski definition) is 2. The summed E-state index contributed by atoms with van der Waals surface area (Å²) in [6, 6.07) is 3.93. The SMILES string of the molecule is COCCN[C@@H](C)C(=O)Nc1cc(S(=O)(=O)N2CCCCC2)ccc1Cl. The van der Waals surface area contributed by atoms with Crippen molar-refractivity contribution in [1.29, 1.82) is 0 Å². The molecule has 146 valence electrons. The highest BCUT2D eigenvalue weighted by atomic mass is 35.5. The van der Waals surface area contributed by atoms with Crippen LogP contribution in [0.4, 0.5) is 5.69 Å². The van der Waals surface area contributed by atoms with E-state index in [0.717, 1.165) is 19.3 Å². The van der Waals surface area contributed by atoms with E-state index >= 15 is 0 Å². The number of hydrogen-bond acceptors (Lipinski definition) is 5. The van der Waals surface area contributed by atoms with Gasteiger partial charge in [-0.05, 0) is 38.0 Å². The average Bonchev–Trinajstić information content (AvgIpc) is 2.64.